The van der Waals surface area contributed by atoms with Crippen LogP contribution in [0.15, 0.2) is 71.9 Å². The number of nitrogens with zero attached hydrogens (tertiary/aromatic N) is 3. The van der Waals surface area contributed by atoms with Gasteiger partial charge in [0.2, 0.25) is 5.88 Å². The highest BCUT2D eigenvalue weighted by molar-refractivity contribution is 5.95. The molecule has 0 aliphatic carbocycles. The van der Waals surface area contributed by atoms with Crippen molar-refractivity contribution < 1.29 is 13.9 Å². The van der Waals surface area contributed by atoms with Crippen LogP contribution in [0.3, 0.4) is 0 Å². The van der Waals surface area contributed by atoms with Gasteiger partial charge in [-0.2, -0.15) is 5.10 Å². The highest BCUT2D eigenvalue weighted by Crippen LogP contribution is 2.14. The third-order valence-corrected chi connectivity index (χ3v) is 3.58. The zero-order chi connectivity index (χ0) is 18.4. The first-order valence-corrected chi connectivity index (χ1v) is 8.30. The van der Waals surface area contributed by atoms with Crippen molar-refractivity contribution >= 4 is 5.91 Å². The van der Waals surface area contributed by atoms with E-state index in [1.165, 1.54) is 24.4 Å². The number of carbonyl (C=O) groups is 1. The summed E-state index contributed by atoms with van der Waals surface area (Å²) in [6.07, 6.45) is 2.27. The second-order valence-electron chi connectivity index (χ2n) is 5.54. The van der Waals surface area contributed by atoms with Crippen LogP contribution in [0.1, 0.15) is 23.7 Å². The minimum Gasteiger partial charge on any atom is -0.478 e. The minimum absolute atomic E-state index is 0.0803. The van der Waals surface area contributed by atoms with E-state index in [1.807, 2.05) is 37.3 Å². The number of amides is 1. The Bertz CT molecular complexity index is 968. The summed E-state index contributed by atoms with van der Waals surface area (Å²) >= 11 is 0. The number of hydrogen-bond acceptors (Lipinski definition) is 3. The lowest BCUT2D eigenvalue weighted by Crippen LogP contribution is -2.16. The van der Waals surface area contributed by atoms with Gasteiger partial charge in [0.15, 0.2) is 0 Å². The van der Waals surface area contributed by atoms with Gasteiger partial charge in [0, 0.05) is 6.07 Å². The molecule has 0 aliphatic rings. The summed E-state index contributed by atoms with van der Waals surface area (Å²) in [5.41, 5.74) is 0.744. The molecule has 2 aromatic carbocycles. The molecule has 0 atom stereocenters. The standard InChI is InChI=1S/C20H18FN3O2/c1-2-12-26-19-13-15(14-22-24(19)16-8-4-3-5-9-16)23-20(25)17-10-6-7-11-18(17)21/h3-11,13-14H,2,12H2,1H3. The van der Waals surface area contributed by atoms with E-state index in [2.05, 4.69) is 10.1 Å². The summed E-state index contributed by atoms with van der Waals surface area (Å²) in [7, 11) is 0. The Hall–Kier alpha value is -3.28. The van der Waals surface area contributed by atoms with Crippen molar-refractivity contribution in [2.24, 2.45) is 4.99 Å². The maximum atomic E-state index is 13.7. The third kappa shape index (κ3) is 4.03. The normalized spacial score (nSPS) is 11.4. The molecule has 1 heterocycles. The summed E-state index contributed by atoms with van der Waals surface area (Å²) in [4.78, 5) is 16.2. The predicted molar refractivity (Wildman–Crippen MR) is 95.6 cm³/mol. The molecule has 26 heavy (non-hydrogen) atoms. The molecule has 5 nitrogen and oxygen atoms in total. The Morgan fingerprint density at radius 2 is 1.88 bits per heavy atom. The Kier molecular flexibility index (Phi) is 5.53. The van der Waals surface area contributed by atoms with Crippen LogP contribution in [0.4, 0.5) is 4.39 Å². The lowest BCUT2D eigenvalue weighted by Gasteiger charge is -2.12. The van der Waals surface area contributed by atoms with Crippen molar-refractivity contribution in [3.63, 3.8) is 0 Å². The molecule has 3 rings (SSSR count). The molecule has 0 saturated heterocycles. The fourth-order valence-corrected chi connectivity index (χ4v) is 2.34. The molecule has 0 saturated carbocycles. The van der Waals surface area contributed by atoms with Gasteiger partial charge in [-0.15, -0.1) is 0 Å². The van der Waals surface area contributed by atoms with Gasteiger partial charge in [0.25, 0.3) is 5.91 Å². The van der Waals surface area contributed by atoms with Crippen LogP contribution in [0.25, 0.3) is 5.69 Å². The van der Waals surface area contributed by atoms with Crippen molar-refractivity contribution in [2.75, 3.05) is 6.61 Å². The van der Waals surface area contributed by atoms with Crippen LogP contribution in [0.5, 0.6) is 5.88 Å². The maximum absolute atomic E-state index is 13.7. The smallest absolute Gasteiger partial charge is 0.280 e. The number of rotatable bonds is 5. The molecule has 0 aliphatic heterocycles. The fraction of sp³-hybridized carbons (Fsp3) is 0.150. The third-order valence-electron chi connectivity index (χ3n) is 3.58. The summed E-state index contributed by atoms with van der Waals surface area (Å²) in [5, 5.41) is 4.63. The van der Waals surface area contributed by atoms with Crippen LogP contribution < -0.4 is 10.1 Å². The van der Waals surface area contributed by atoms with Crippen molar-refractivity contribution in [3.8, 4) is 11.6 Å². The van der Waals surface area contributed by atoms with E-state index in [0.717, 1.165) is 12.1 Å². The topological polar surface area (TPSA) is 56.5 Å². The SMILES string of the molecule is CCCOc1cc(=NC(=O)c2ccccc2F)cnn1-c1ccccc1. The molecule has 1 amide bonds. The van der Waals surface area contributed by atoms with E-state index in [0.29, 0.717) is 17.8 Å². The van der Waals surface area contributed by atoms with E-state index < -0.39 is 11.7 Å². The monoisotopic (exact) mass is 351 g/mol. The minimum atomic E-state index is -0.663. The first-order chi connectivity index (χ1) is 12.7. The molecule has 0 spiro atoms. The molecule has 3 aromatic rings. The lowest BCUT2D eigenvalue weighted by atomic mass is 10.2. The number of carbonyl (C=O) groups excluding carboxylic acids is 1. The van der Waals surface area contributed by atoms with Gasteiger partial charge in [0.05, 0.1) is 29.4 Å². The molecule has 132 valence electrons. The number of halogens is 1. The van der Waals surface area contributed by atoms with Crippen LogP contribution in [-0.4, -0.2) is 22.3 Å². The van der Waals surface area contributed by atoms with E-state index in [4.69, 9.17) is 4.74 Å². The highest BCUT2D eigenvalue weighted by atomic mass is 19.1. The van der Waals surface area contributed by atoms with E-state index in [-0.39, 0.29) is 5.56 Å². The van der Waals surface area contributed by atoms with Crippen LogP contribution >= 0.6 is 0 Å². The van der Waals surface area contributed by atoms with Gasteiger partial charge in [-0.3, -0.25) is 4.79 Å². The molecule has 0 N–H and O–H groups in total. The van der Waals surface area contributed by atoms with Gasteiger partial charge in [0.1, 0.15) is 5.82 Å². The second-order valence-corrected chi connectivity index (χ2v) is 5.54. The predicted octanol–water partition coefficient (Wildman–Crippen LogP) is 3.54. The van der Waals surface area contributed by atoms with Crippen LogP contribution in [0.2, 0.25) is 0 Å². The lowest BCUT2D eigenvalue weighted by molar-refractivity contribution is 0.0994. The molecule has 0 radical (unpaired) electrons. The molecule has 6 heteroatoms. The number of hydrogen-bond donors (Lipinski definition) is 0. The van der Waals surface area contributed by atoms with Crippen LogP contribution in [-0.2, 0) is 0 Å². The summed E-state index contributed by atoms with van der Waals surface area (Å²) in [6, 6.07) is 16.9. The fourth-order valence-electron chi connectivity index (χ4n) is 2.34. The quantitative estimate of drug-likeness (QED) is 0.706. The Balaban J connectivity index is 2.01. The zero-order valence-corrected chi connectivity index (χ0v) is 14.3. The Morgan fingerprint density at radius 3 is 2.62 bits per heavy atom. The van der Waals surface area contributed by atoms with Crippen molar-refractivity contribution in [1.82, 2.24) is 9.78 Å². The van der Waals surface area contributed by atoms with Crippen molar-refractivity contribution in [2.45, 2.75) is 13.3 Å². The molecule has 0 unspecified atom stereocenters. The number of aromatic nitrogens is 2. The molecule has 1 aromatic heterocycles. The molecule has 0 fully saturated rings. The van der Waals surface area contributed by atoms with Crippen LogP contribution in [0, 0.1) is 5.82 Å². The number of benzene rings is 2. The highest BCUT2D eigenvalue weighted by Gasteiger charge is 2.10. The number of para-hydroxylation sites is 1. The molecular weight excluding hydrogens is 333 g/mol. The summed E-state index contributed by atoms with van der Waals surface area (Å²) < 4.78 is 21.1. The van der Waals surface area contributed by atoms with E-state index in [1.54, 1.807) is 16.8 Å². The van der Waals surface area contributed by atoms with E-state index in [9.17, 15) is 9.18 Å². The van der Waals surface area contributed by atoms with Gasteiger partial charge in [-0.05, 0) is 30.7 Å². The summed E-state index contributed by atoms with van der Waals surface area (Å²) in [5.74, 6) is -0.809. The molecule has 0 bridgehead atoms. The number of ether oxygens (including phenoxy) is 1. The van der Waals surface area contributed by atoms with Gasteiger partial charge >= 0.3 is 0 Å². The maximum Gasteiger partial charge on any atom is 0.280 e. The Labute approximate surface area is 150 Å². The average Bonchev–Trinajstić information content (AvgIpc) is 2.67. The van der Waals surface area contributed by atoms with Gasteiger partial charge in [-0.1, -0.05) is 37.3 Å². The average molecular weight is 351 g/mol. The Morgan fingerprint density at radius 1 is 1.15 bits per heavy atom. The second kappa shape index (κ2) is 8.20. The van der Waals surface area contributed by atoms with Gasteiger partial charge < -0.3 is 4.74 Å². The van der Waals surface area contributed by atoms with Crippen molar-refractivity contribution in [3.05, 3.63) is 83.6 Å². The first kappa shape index (κ1) is 17.5. The van der Waals surface area contributed by atoms with E-state index >= 15 is 0 Å². The van der Waals surface area contributed by atoms with Crippen molar-refractivity contribution in [1.29, 1.82) is 0 Å². The largest absolute Gasteiger partial charge is 0.478 e. The van der Waals surface area contributed by atoms with Gasteiger partial charge in [-0.25, -0.2) is 14.1 Å². The molecular formula is C20H18FN3O2. The summed E-state index contributed by atoms with van der Waals surface area (Å²) in [6.45, 7) is 2.50. The zero-order valence-electron chi connectivity index (χ0n) is 14.3. The first-order valence-electron chi connectivity index (χ1n) is 8.30.